The molecular formula is C12H11N7O2. The first-order valence-electron chi connectivity index (χ1n) is 5.99. The van der Waals surface area contributed by atoms with E-state index in [1.165, 1.54) is 24.3 Å². The number of aromatic amines is 1. The fourth-order valence-corrected chi connectivity index (χ4v) is 1.70. The number of hydrogen-bond donors (Lipinski definition) is 2. The van der Waals surface area contributed by atoms with Gasteiger partial charge < -0.3 is 10.1 Å². The Labute approximate surface area is 119 Å². The minimum atomic E-state index is -0.425. The quantitative estimate of drug-likeness (QED) is 0.728. The SMILES string of the molecule is COc1ccccc1NC(=O)c1nc(-n2cnnc2)n[nH]1. The van der Waals surface area contributed by atoms with Gasteiger partial charge in [-0.2, -0.15) is 4.98 Å². The summed E-state index contributed by atoms with van der Waals surface area (Å²) in [5.74, 6) is 0.491. The molecule has 0 radical (unpaired) electrons. The van der Waals surface area contributed by atoms with Crippen LogP contribution in [0, 0.1) is 0 Å². The van der Waals surface area contributed by atoms with Crippen molar-refractivity contribution in [3.05, 3.63) is 42.7 Å². The van der Waals surface area contributed by atoms with Crippen molar-refractivity contribution in [3.63, 3.8) is 0 Å². The van der Waals surface area contributed by atoms with E-state index < -0.39 is 5.91 Å². The molecule has 0 aliphatic heterocycles. The van der Waals surface area contributed by atoms with Crippen LogP contribution < -0.4 is 10.1 Å². The third-order valence-electron chi connectivity index (χ3n) is 2.69. The number of methoxy groups -OCH3 is 1. The second-order valence-electron chi connectivity index (χ2n) is 4.01. The van der Waals surface area contributed by atoms with Crippen molar-refractivity contribution in [2.45, 2.75) is 0 Å². The van der Waals surface area contributed by atoms with Crippen molar-refractivity contribution in [2.24, 2.45) is 0 Å². The predicted molar refractivity (Wildman–Crippen MR) is 72.2 cm³/mol. The second-order valence-corrected chi connectivity index (χ2v) is 4.01. The van der Waals surface area contributed by atoms with Crippen molar-refractivity contribution in [1.82, 2.24) is 29.9 Å². The summed E-state index contributed by atoms with van der Waals surface area (Å²) in [6, 6.07) is 7.08. The predicted octanol–water partition coefficient (Wildman–Crippen LogP) is 0.646. The summed E-state index contributed by atoms with van der Waals surface area (Å²) in [5, 5.41) is 16.5. The molecule has 0 atom stereocenters. The van der Waals surface area contributed by atoms with Crippen LogP contribution in [-0.2, 0) is 0 Å². The first-order valence-corrected chi connectivity index (χ1v) is 5.99. The number of ether oxygens (including phenoxy) is 1. The summed E-state index contributed by atoms with van der Waals surface area (Å²) < 4.78 is 6.65. The van der Waals surface area contributed by atoms with Crippen LogP contribution in [0.5, 0.6) is 5.75 Å². The monoisotopic (exact) mass is 285 g/mol. The number of aromatic nitrogens is 6. The molecule has 0 aliphatic rings. The van der Waals surface area contributed by atoms with E-state index >= 15 is 0 Å². The van der Waals surface area contributed by atoms with Crippen molar-refractivity contribution in [1.29, 1.82) is 0 Å². The number of carbonyl (C=O) groups is 1. The second kappa shape index (κ2) is 5.41. The van der Waals surface area contributed by atoms with Crippen LogP contribution >= 0.6 is 0 Å². The van der Waals surface area contributed by atoms with Crippen LogP contribution in [0.3, 0.4) is 0 Å². The topological polar surface area (TPSA) is 111 Å². The maximum absolute atomic E-state index is 12.1. The normalized spacial score (nSPS) is 10.3. The molecule has 0 saturated carbocycles. The molecular weight excluding hydrogens is 274 g/mol. The average Bonchev–Trinajstić information content (AvgIpc) is 3.18. The summed E-state index contributed by atoms with van der Waals surface area (Å²) in [6.07, 6.45) is 2.87. The van der Waals surface area contributed by atoms with Gasteiger partial charge in [-0.3, -0.25) is 14.5 Å². The number of nitrogens with zero attached hydrogens (tertiary/aromatic N) is 5. The lowest BCUT2D eigenvalue weighted by Crippen LogP contribution is -2.14. The van der Waals surface area contributed by atoms with Gasteiger partial charge in [-0.1, -0.05) is 12.1 Å². The number of hydrogen-bond acceptors (Lipinski definition) is 6. The van der Waals surface area contributed by atoms with E-state index in [9.17, 15) is 4.79 Å². The smallest absolute Gasteiger partial charge is 0.293 e. The number of H-pyrrole nitrogens is 1. The van der Waals surface area contributed by atoms with Gasteiger partial charge in [0.15, 0.2) is 0 Å². The third kappa shape index (κ3) is 2.56. The zero-order valence-electron chi connectivity index (χ0n) is 11.0. The van der Waals surface area contributed by atoms with Gasteiger partial charge in [0.1, 0.15) is 18.4 Å². The Morgan fingerprint density at radius 2 is 2.05 bits per heavy atom. The van der Waals surface area contributed by atoms with E-state index in [0.29, 0.717) is 11.4 Å². The molecule has 0 aliphatic carbocycles. The van der Waals surface area contributed by atoms with Gasteiger partial charge in [0.25, 0.3) is 11.9 Å². The van der Waals surface area contributed by atoms with E-state index in [1.807, 2.05) is 6.07 Å². The zero-order chi connectivity index (χ0) is 14.7. The van der Waals surface area contributed by atoms with E-state index in [4.69, 9.17) is 4.74 Å². The molecule has 3 rings (SSSR count). The minimum Gasteiger partial charge on any atom is -0.495 e. The third-order valence-corrected chi connectivity index (χ3v) is 2.69. The lowest BCUT2D eigenvalue weighted by molar-refractivity contribution is 0.101. The molecule has 0 saturated heterocycles. The van der Waals surface area contributed by atoms with Gasteiger partial charge >= 0.3 is 0 Å². The fraction of sp³-hybridized carbons (Fsp3) is 0.0833. The first kappa shape index (κ1) is 12.8. The molecule has 1 aromatic carbocycles. The van der Waals surface area contributed by atoms with Gasteiger partial charge in [0, 0.05) is 0 Å². The van der Waals surface area contributed by atoms with E-state index in [2.05, 4.69) is 30.7 Å². The van der Waals surface area contributed by atoms with Crippen molar-refractivity contribution in [3.8, 4) is 11.7 Å². The Kier molecular flexibility index (Phi) is 3.29. The number of nitrogens with one attached hydrogen (secondary N) is 2. The van der Waals surface area contributed by atoms with Gasteiger partial charge in [-0.05, 0) is 12.1 Å². The number of benzene rings is 1. The number of para-hydroxylation sites is 2. The first-order chi connectivity index (χ1) is 10.3. The van der Waals surface area contributed by atoms with Crippen LogP contribution in [0.4, 0.5) is 5.69 Å². The number of amides is 1. The highest BCUT2D eigenvalue weighted by atomic mass is 16.5. The minimum absolute atomic E-state index is 0.0737. The number of carbonyl (C=O) groups excluding carboxylic acids is 1. The lowest BCUT2D eigenvalue weighted by Gasteiger charge is -2.08. The highest BCUT2D eigenvalue weighted by Gasteiger charge is 2.14. The lowest BCUT2D eigenvalue weighted by atomic mass is 10.3. The molecule has 21 heavy (non-hydrogen) atoms. The molecule has 0 unspecified atom stereocenters. The Morgan fingerprint density at radius 3 is 2.81 bits per heavy atom. The highest BCUT2D eigenvalue weighted by Crippen LogP contribution is 2.23. The number of anilines is 1. The summed E-state index contributed by atoms with van der Waals surface area (Å²) in [5.41, 5.74) is 0.548. The molecule has 2 N–H and O–H groups in total. The van der Waals surface area contributed by atoms with Crippen molar-refractivity contribution >= 4 is 11.6 Å². The van der Waals surface area contributed by atoms with Crippen LogP contribution in [0.2, 0.25) is 0 Å². The molecule has 9 heteroatoms. The Balaban J connectivity index is 1.80. The molecule has 3 aromatic rings. The van der Waals surface area contributed by atoms with E-state index in [-0.39, 0.29) is 11.8 Å². The van der Waals surface area contributed by atoms with Crippen LogP contribution in [0.25, 0.3) is 5.95 Å². The summed E-state index contributed by atoms with van der Waals surface area (Å²) in [4.78, 5) is 16.2. The van der Waals surface area contributed by atoms with Gasteiger partial charge in [0.2, 0.25) is 5.82 Å². The summed E-state index contributed by atoms with van der Waals surface area (Å²) >= 11 is 0. The van der Waals surface area contributed by atoms with Crippen molar-refractivity contribution in [2.75, 3.05) is 12.4 Å². The molecule has 106 valence electrons. The molecule has 0 fully saturated rings. The van der Waals surface area contributed by atoms with Crippen LogP contribution in [0.15, 0.2) is 36.9 Å². The fourth-order valence-electron chi connectivity index (χ4n) is 1.70. The summed E-state index contributed by atoms with van der Waals surface area (Å²) in [6.45, 7) is 0. The molecule has 1 amide bonds. The maximum Gasteiger partial charge on any atom is 0.293 e. The van der Waals surface area contributed by atoms with Crippen molar-refractivity contribution < 1.29 is 9.53 Å². The Morgan fingerprint density at radius 1 is 1.29 bits per heavy atom. The Bertz CT molecular complexity index is 751. The van der Waals surface area contributed by atoms with Gasteiger partial charge in [0.05, 0.1) is 12.8 Å². The van der Waals surface area contributed by atoms with Crippen LogP contribution in [-0.4, -0.2) is 43.0 Å². The molecule has 2 heterocycles. The molecule has 9 nitrogen and oxygen atoms in total. The Hall–Kier alpha value is -3.23. The standard InChI is InChI=1S/C12H11N7O2/c1-21-9-5-3-2-4-8(9)15-11(20)10-16-12(18-17-10)19-6-13-14-7-19/h2-7H,1H3,(H,15,20)(H,16,17,18). The van der Waals surface area contributed by atoms with E-state index in [0.717, 1.165) is 0 Å². The summed E-state index contributed by atoms with van der Waals surface area (Å²) in [7, 11) is 1.53. The molecule has 0 bridgehead atoms. The van der Waals surface area contributed by atoms with Gasteiger partial charge in [-0.15, -0.1) is 15.3 Å². The van der Waals surface area contributed by atoms with Crippen LogP contribution in [0.1, 0.15) is 10.6 Å². The largest absolute Gasteiger partial charge is 0.495 e. The van der Waals surface area contributed by atoms with E-state index in [1.54, 1.807) is 18.2 Å². The van der Waals surface area contributed by atoms with Gasteiger partial charge in [-0.25, -0.2) is 0 Å². The number of rotatable bonds is 4. The maximum atomic E-state index is 12.1. The highest BCUT2D eigenvalue weighted by molar-refractivity contribution is 6.02. The molecule has 2 aromatic heterocycles. The average molecular weight is 285 g/mol. The molecule has 0 spiro atoms. The zero-order valence-corrected chi connectivity index (χ0v) is 11.0.